The second-order valence-corrected chi connectivity index (χ2v) is 7.51. The Kier molecular flexibility index (Phi) is 4.77. The lowest BCUT2D eigenvalue weighted by atomic mass is 9.99. The van der Waals surface area contributed by atoms with Crippen LogP contribution in [0.1, 0.15) is 24.0 Å². The number of nitrogens with zero attached hydrogens (tertiary/aromatic N) is 1. The first-order valence-corrected chi connectivity index (χ1v) is 8.59. The Morgan fingerprint density at radius 3 is 2.32 bits per heavy atom. The molecular weight excluding hydrogens is 306 g/mol. The van der Waals surface area contributed by atoms with Gasteiger partial charge in [0.2, 0.25) is 10.0 Å². The number of methoxy groups -OCH3 is 1. The molecule has 0 unspecified atom stereocenters. The summed E-state index contributed by atoms with van der Waals surface area (Å²) in [5.41, 5.74) is 1.38. The van der Waals surface area contributed by atoms with Crippen LogP contribution in [0.3, 0.4) is 0 Å². The summed E-state index contributed by atoms with van der Waals surface area (Å²) in [7, 11) is -2.06. The Hall–Kier alpha value is -1.60. The van der Waals surface area contributed by atoms with Crippen molar-refractivity contribution < 1.29 is 23.1 Å². The van der Waals surface area contributed by atoms with Gasteiger partial charge in [-0.15, -0.1) is 0 Å². The lowest BCUT2D eigenvalue weighted by molar-refractivity contribution is -0.142. The summed E-state index contributed by atoms with van der Waals surface area (Å²) in [4.78, 5) is 11.2. The smallest absolute Gasteiger partial charge is 0.306 e. The number of sulfonamides is 1. The normalized spacial score (nSPS) is 17.4. The standard InChI is InChI=1S/C15H21NO5S/c1-10-9-14(11(2)8-13(10)21-3)22(19,20)16-6-4-12(5-7-16)15(17)18/h8-9,12H,4-7H2,1-3H3,(H,17,18). The van der Waals surface area contributed by atoms with E-state index in [1.54, 1.807) is 33.1 Å². The monoisotopic (exact) mass is 327 g/mol. The lowest BCUT2D eigenvalue weighted by Crippen LogP contribution is -2.40. The Morgan fingerprint density at radius 1 is 1.23 bits per heavy atom. The number of piperidine rings is 1. The molecule has 122 valence electrons. The summed E-state index contributed by atoms with van der Waals surface area (Å²) in [6.07, 6.45) is 0.700. The van der Waals surface area contributed by atoms with Crippen LogP contribution in [0.4, 0.5) is 0 Å². The predicted molar refractivity (Wildman–Crippen MR) is 81.6 cm³/mol. The number of rotatable bonds is 4. The van der Waals surface area contributed by atoms with E-state index in [9.17, 15) is 13.2 Å². The zero-order valence-corrected chi connectivity index (χ0v) is 13.8. The highest BCUT2D eigenvalue weighted by Gasteiger charge is 2.33. The quantitative estimate of drug-likeness (QED) is 0.911. The van der Waals surface area contributed by atoms with Gasteiger partial charge in [-0.1, -0.05) is 0 Å². The van der Waals surface area contributed by atoms with Crippen LogP contribution in [-0.4, -0.2) is 44.0 Å². The molecule has 0 aromatic heterocycles. The van der Waals surface area contributed by atoms with Gasteiger partial charge in [0.1, 0.15) is 5.75 Å². The van der Waals surface area contributed by atoms with Crippen molar-refractivity contribution in [2.24, 2.45) is 5.92 Å². The Bertz CT molecular complexity index is 675. The van der Waals surface area contributed by atoms with Gasteiger partial charge < -0.3 is 9.84 Å². The predicted octanol–water partition coefficient (Wildman–Crippen LogP) is 1.80. The van der Waals surface area contributed by atoms with E-state index < -0.39 is 21.9 Å². The molecule has 1 heterocycles. The number of carboxylic acids is 1. The molecule has 0 spiro atoms. The molecule has 0 bridgehead atoms. The summed E-state index contributed by atoms with van der Waals surface area (Å²) in [6.45, 7) is 4.01. The van der Waals surface area contributed by atoms with Crippen LogP contribution in [0.2, 0.25) is 0 Å². The number of carbonyl (C=O) groups is 1. The van der Waals surface area contributed by atoms with E-state index in [0.717, 1.165) is 5.56 Å². The average Bonchev–Trinajstić information content (AvgIpc) is 2.49. The number of hydrogen-bond acceptors (Lipinski definition) is 4. The summed E-state index contributed by atoms with van der Waals surface area (Å²) in [5.74, 6) is -0.653. The molecule has 0 atom stereocenters. The second-order valence-electron chi connectivity index (χ2n) is 5.60. The molecule has 1 aromatic carbocycles. The number of aliphatic carboxylic acids is 1. The molecular formula is C15H21NO5S. The first-order valence-electron chi connectivity index (χ1n) is 7.15. The van der Waals surface area contributed by atoms with Gasteiger partial charge >= 0.3 is 5.97 Å². The van der Waals surface area contributed by atoms with E-state index in [0.29, 0.717) is 24.2 Å². The highest BCUT2D eigenvalue weighted by Crippen LogP contribution is 2.30. The number of aryl methyl sites for hydroxylation is 2. The number of carboxylic acid groups (broad SMARTS) is 1. The molecule has 0 aliphatic carbocycles. The third-order valence-electron chi connectivity index (χ3n) is 4.11. The Balaban J connectivity index is 2.28. The van der Waals surface area contributed by atoms with Gasteiger partial charge in [-0.25, -0.2) is 8.42 Å². The van der Waals surface area contributed by atoms with Crippen LogP contribution in [0, 0.1) is 19.8 Å². The molecule has 1 N–H and O–H groups in total. The molecule has 1 aromatic rings. The fraction of sp³-hybridized carbons (Fsp3) is 0.533. The number of ether oxygens (including phenoxy) is 1. The zero-order valence-electron chi connectivity index (χ0n) is 13.0. The molecule has 2 rings (SSSR count). The van der Waals surface area contributed by atoms with E-state index in [1.165, 1.54) is 4.31 Å². The van der Waals surface area contributed by atoms with Crippen molar-refractivity contribution in [1.29, 1.82) is 0 Å². The number of benzene rings is 1. The topological polar surface area (TPSA) is 83.9 Å². The molecule has 1 aliphatic heterocycles. The van der Waals surface area contributed by atoms with Crippen molar-refractivity contribution in [3.05, 3.63) is 23.3 Å². The molecule has 7 heteroatoms. The second kappa shape index (κ2) is 6.26. The van der Waals surface area contributed by atoms with Crippen molar-refractivity contribution in [2.45, 2.75) is 31.6 Å². The van der Waals surface area contributed by atoms with Gasteiger partial charge in [0, 0.05) is 13.1 Å². The molecule has 1 aliphatic rings. The first-order chi connectivity index (χ1) is 10.3. The van der Waals surface area contributed by atoms with Gasteiger partial charge in [-0.05, 0) is 49.9 Å². The SMILES string of the molecule is COc1cc(C)c(S(=O)(=O)N2CCC(C(=O)O)CC2)cc1C. The molecule has 22 heavy (non-hydrogen) atoms. The minimum Gasteiger partial charge on any atom is -0.496 e. The maximum Gasteiger partial charge on any atom is 0.306 e. The maximum absolute atomic E-state index is 12.8. The Labute approximate surface area is 130 Å². The van der Waals surface area contributed by atoms with Crippen LogP contribution in [-0.2, 0) is 14.8 Å². The minimum atomic E-state index is -3.60. The average molecular weight is 327 g/mol. The van der Waals surface area contributed by atoms with E-state index in [2.05, 4.69) is 0 Å². The molecule has 1 saturated heterocycles. The highest BCUT2D eigenvalue weighted by atomic mass is 32.2. The fourth-order valence-corrected chi connectivity index (χ4v) is 4.50. The summed E-state index contributed by atoms with van der Waals surface area (Å²) >= 11 is 0. The number of hydrogen-bond donors (Lipinski definition) is 1. The molecule has 0 radical (unpaired) electrons. The molecule has 0 saturated carbocycles. The summed E-state index contributed by atoms with van der Waals surface area (Å²) < 4.78 is 32.1. The van der Waals surface area contributed by atoms with Gasteiger partial charge in [-0.2, -0.15) is 4.31 Å². The van der Waals surface area contributed by atoms with Crippen LogP contribution in [0.15, 0.2) is 17.0 Å². The summed E-state index contributed by atoms with van der Waals surface area (Å²) in [6, 6.07) is 3.33. The van der Waals surface area contributed by atoms with Crippen LogP contribution >= 0.6 is 0 Å². The Morgan fingerprint density at radius 2 is 1.82 bits per heavy atom. The van der Waals surface area contributed by atoms with E-state index in [1.807, 2.05) is 0 Å². The molecule has 6 nitrogen and oxygen atoms in total. The van der Waals surface area contributed by atoms with Gasteiger partial charge in [0.05, 0.1) is 17.9 Å². The third kappa shape index (κ3) is 3.10. The van der Waals surface area contributed by atoms with Crippen LogP contribution in [0.5, 0.6) is 5.75 Å². The molecule has 1 fully saturated rings. The van der Waals surface area contributed by atoms with Crippen molar-refractivity contribution in [2.75, 3.05) is 20.2 Å². The zero-order chi connectivity index (χ0) is 16.5. The van der Waals surface area contributed by atoms with Crippen molar-refractivity contribution in [1.82, 2.24) is 4.31 Å². The van der Waals surface area contributed by atoms with E-state index >= 15 is 0 Å². The van der Waals surface area contributed by atoms with E-state index in [-0.39, 0.29) is 18.0 Å². The van der Waals surface area contributed by atoms with Crippen molar-refractivity contribution >= 4 is 16.0 Å². The van der Waals surface area contributed by atoms with Crippen LogP contribution in [0.25, 0.3) is 0 Å². The highest BCUT2D eigenvalue weighted by molar-refractivity contribution is 7.89. The molecule has 0 amide bonds. The third-order valence-corrected chi connectivity index (χ3v) is 6.15. The van der Waals surface area contributed by atoms with Gasteiger partial charge in [-0.3, -0.25) is 4.79 Å². The van der Waals surface area contributed by atoms with Gasteiger partial charge in [0.25, 0.3) is 0 Å². The largest absolute Gasteiger partial charge is 0.496 e. The fourth-order valence-electron chi connectivity index (χ4n) is 2.74. The lowest BCUT2D eigenvalue weighted by Gasteiger charge is -2.30. The summed E-state index contributed by atoms with van der Waals surface area (Å²) in [5, 5.41) is 9.00. The van der Waals surface area contributed by atoms with Crippen molar-refractivity contribution in [3.8, 4) is 5.75 Å². The van der Waals surface area contributed by atoms with E-state index in [4.69, 9.17) is 9.84 Å². The minimum absolute atomic E-state index is 0.240. The van der Waals surface area contributed by atoms with Crippen molar-refractivity contribution in [3.63, 3.8) is 0 Å². The van der Waals surface area contributed by atoms with Gasteiger partial charge in [0.15, 0.2) is 0 Å². The van der Waals surface area contributed by atoms with Crippen LogP contribution < -0.4 is 4.74 Å². The first kappa shape index (κ1) is 16.8. The maximum atomic E-state index is 12.8.